The predicted octanol–water partition coefficient (Wildman–Crippen LogP) is 1.13. The van der Waals surface area contributed by atoms with Crippen LogP contribution in [0.15, 0.2) is 0 Å². The number of halogens is 1. The van der Waals surface area contributed by atoms with E-state index in [2.05, 4.69) is 0 Å². The highest BCUT2D eigenvalue weighted by molar-refractivity contribution is 6.99. The summed E-state index contributed by atoms with van der Waals surface area (Å²) in [5.41, 5.74) is 0. The monoisotopic (exact) mass is 155 g/mol. The molecule has 50 valence electrons. The lowest BCUT2D eigenvalue weighted by Crippen LogP contribution is -2.15. The van der Waals surface area contributed by atoms with Gasteiger partial charge in [0, 0.05) is 13.2 Å². The Morgan fingerprint density at radius 3 is 2.00 bits per heavy atom. The van der Waals surface area contributed by atoms with Crippen molar-refractivity contribution in [2.24, 2.45) is 0 Å². The lowest BCUT2D eigenvalue weighted by Gasteiger charge is -2.04. The summed E-state index contributed by atoms with van der Waals surface area (Å²) in [5, 5.41) is 0. The summed E-state index contributed by atoms with van der Waals surface area (Å²) < 4.78 is 9.93. The molecule has 0 aromatic carbocycles. The molecule has 0 spiro atoms. The third-order valence-electron chi connectivity index (χ3n) is 0.595. The minimum absolute atomic E-state index is 0. The van der Waals surface area contributed by atoms with Crippen LogP contribution in [0.25, 0.3) is 0 Å². The summed E-state index contributed by atoms with van der Waals surface area (Å²) in [6.07, 6.45) is 0. The average Bonchev–Trinajstić information content (AvgIpc) is 1.68. The molecule has 0 radical (unpaired) electrons. The molecule has 0 atom stereocenters. The van der Waals surface area contributed by atoms with Crippen molar-refractivity contribution in [2.45, 2.75) is 13.8 Å². The maximum atomic E-state index is 5.58. The second-order valence-electron chi connectivity index (χ2n) is 1.19. The Labute approximate surface area is 57.8 Å². The van der Waals surface area contributed by atoms with Crippen molar-refractivity contribution in [3.8, 4) is 0 Å². The van der Waals surface area contributed by atoms with Crippen LogP contribution in [0.1, 0.15) is 15.3 Å². The van der Waals surface area contributed by atoms with Crippen molar-refractivity contribution in [2.75, 3.05) is 13.2 Å². The highest BCUT2D eigenvalue weighted by atomic mass is 35.6. The molecule has 4 heteroatoms. The van der Waals surface area contributed by atoms with Crippen molar-refractivity contribution in [3.63, 3.8) is 0 Å². The predicted molar refractivity (Wildman–Crippen MR) is 37.4 cm³/mol. The summed E-state index contributed by atoms with van der Waals surface area (Å²) in [5.74, 6) is 0. The second kappa shape index (κ2) is 5.56. The Bertz CT molecular complexity index is 51.8. The SMILES string of the molecule is CCO[SiH](Cl)OCC.[H+]. The minimum atomic E-state index is -1.73. The van der Waals surface area contributed by atoms with Crippen molar-refractivity contribution >= 4 is 19.7 Å². The first-order valence-electron chi connectivity index (χ1n) is 2.68. The Balaban J connectivity index is 0. The highest BCUT2D eigenvalue weighted by Gasteiger charge is 2.04. The molecule has 0 aromatic heterocycles. The molecule has 0 unspecified atom stereocenters. The Kier molecular flexibility index (Phi) is 5.86. The Morgan fingerprint density at radius 2 is 1.75 bits per heavy atom. The Morgan fingerprint density at radius 1 is 1.38 bits per heavy atom. The normalized spacial score (nSPS) is 10.5. The molecule has 0 fully saturated rings. The van der Waals surface area contributed by atoms with Gasteiger partial charge in [0.1, 0.15) is 0 Å². The van der Waals surface area contributed by atoms with Gasteiger partial charge in [-0.2, -0.15) is 0 Å². The van der Waals surface area contributed by atoms with E-state index in [1.807, 2.05) is 13.8 Å². The van der Waals surface area contributed by atoms with Crippen LogP contribution in [-0.4, -0.2) is 21.8 Å². The summed E-state index contributed by atoms with van der Waals surface area (Å²) in [4.78, 5) is 0. The zero-order valence-electron chi connectivity index (χ0n) is 6.19. The third kappa shape index (κ3) is 4.58. The molecule has 0 saturated heterocycles. The van der Waals surface area contributed by atoms with E-state index in [0.29, 0.717) is 13.2 Å². The molecule has 0 saturated carbocycles. The molecule has 0 aliphatic rings. The zero-order chi connectivity index (χ0) is 6.41. The van der Waals surface area contributed by atoms with Crippen molar-refractivity contribution in [3.05, 3.63) is 0 Å². The van der Waals surface area contributed by atoms with E-state index >= 15 is 0 Å². The molecule has 0 aromatic rings. The molecule has 0 rings (SSSR count). The molecular weight excluding hydrogens is 144 g/mol. The van der Waals surface area contributed by atoms with Crippen LogP contribution >= 0.6 is 11.1 Å². The molecule has 8 heavy (non-hydrogen) atoms. The van der Waals surface area contributed by atoms with Crippen molar-refractivity contribution < 1.29 is 10.3 Å². The molecule has 0 aliphatic heterocycles. The number of rotatable bonds is 4. The smallest absolute Gasteiger partial charge is 0.386 e. The Hall–Kier alpha value is 0.427. The van der Waals surface area contributed by atoms with Gasteiger partial charge in [0.25, 0.3) is 0 Å². The van der Waals surface area contributed by atoms with Crippen molar-refractivity contribution in [1.29, 1.82) is 0 Å². The van der Waals surface area contributed by atoms with Gasteiger partial charge >= 0.3 is 10.0 Å². The first-order chi connectivity index (χ1) is 3.81. The van der Waals surface area contributed by atoms with E-state index in [1.54, 1.807) is 0 Å². The number of hydrogen-bond donors (Lipinski definition) is 0. The van der Waals surface area contributed by atoms with Crippen LogP contribution in [0, 0.1) is 0 Å². The lowest BCUT2D eigenvalue weighted by molar-refractivity contribution is 0.232. The summed E-state index contributed by atoms with van der Waals surface area (Å²) in [6.45, 7) is 5.11. The zero-order valence-corrected chi connectivity index (χ0v) is 7.10. The molecule has 0 N–H and O–H groups in total. The topological polar surface area (TPSA) is 18.5 Å². The first kappa shape index (κ1) is 8.43. The van der Waals surface area contributed by atoms with Gasteiger partial charge in [-0.15, -0.1) is 11.1 Å². The van der Waals surface area contributed by atoms with Crippen molar-refractivity contribution in [1.82, 2.24) is 0 Å². The van der Waals surface area contributed by atoms with Crippen LogP contribution < -0.4 is 0 Å². The minimum Gasteiger partial charge on any atom is -0.386 e. The van der Waals surface area contributed by atoms with E-state index in [1.165, 1.54) is 0 Å². The largest absolute Gasteiger partial charge is 1.00 e. The standard InChI is InChI=1S/C4H11ClO2Si/c1-3-6-8(5)7-4-2/h8H,3-4H2,1-2H3/p+1. The fraction of sp³-hybridized carbons (Fsp3) is 1.00. The van der Waals surface area contributed by atoms with Gasteiger partial charge in [0.15, 0.2) is 0 Å². The molecular formula is C4H12ClO2Si+. The third-order valence-corrected chi connectivity index (χ3v) is 2.54. The summed E-state index contributed by atoms with van der Waals surface area (Å²) in [7, 11) is -1.73. The molecule has 0 heterocycles. The van der Waals surface area contributed by atoms with Crippen LogP contribution in [-0.2, 0) is 8.85 Å². The van der Waals surface area contributed by atoms with E-state index < -0.39 is 8.59 Å². The quantitative estimate of drug-likeness (QED) is 0.448. The second-order valence-corrected chi connectivity index (χ2v) is 3.47. The summed E-state index contributed by atoms with van der Waals surface area (Å²) >= 11 is 5.58. The van der Waals surface area contributed by atoms with Gasteiger partial charge in [-0.25, -0.2) is 0 Å². The highest BCUT2D eigenvalue weighted by Crippen LogP contribution is 1.92. The summed E-state index contributed by atoms with van der Waals surface area (Å²) in [6, 6.07) is 0. The van der Waals surface area contributed by atoms with Crippen LogP contribution in [0.3, 0.4) is 0 Å². The maximum absolute atomic E-state index is 5.58. The number of hydrogen-bond acceptors (Lipinski definition) is 2. The molecule has 0 aliphatic carbocycles. The molecule has 2 nitrogen and oxygen atoms in total. The van der Waals surface area contributed by atoms with Crippen LogP contribution in [0.4, 0.5) is 0 Å². The molecule has 0 amide bonds. The maximum Gasteiger partial charge on any atom is 1.00 e. The van der Waals surface area contributed by atoms with Gasteiger partial charge in [-0.05, 0) is 13.8 Å². The van der Waals surface area contributed by atoms with Crippen LogP contribution in [0.5, 0.6) is 0 Å². The van der Waals surface area contributed by atoms with Gasteiger partial charge < -0.3 is 8.85 Å². The lowest BCUT2D eigenvalue weighted by atomic mass is 10.9. The van der Waals surface area contributed by atoms with Gasteiger partial charge in [0.05, 0.1) is 0 Å². The van der Waals surface area contributed by atoms with Gasteiger partial charge in [0.2, 0.25) is 0 Å². The first-order valence-corrected chi connectivity index (χ1v) is 5.37. The van der Waals surface area contributed by atoms with E-state index in [4.69, 9.17) is 19.9 Å². The van der Waals surface area contributed by atoms with Crippen LogP contribution in [0.2, 0.25) is 0 Å². The molecule has 0 bridgehead atoms. The van der Waals surface area contributed by atoms with E-state index in [9.17, 15) is 0 Å². The van der Waals surface area contributed by atoms with E-state index in [-0.39, 0.29) is 1.43 Å². The van der Waals surface area contributed by atoms with E-state index in [0.717, 1.165) is 0 Å². The fourth-order valence-electron chi connectivity index (χ4n) is 0.310. The van der Waals surface area contributed by atoms with Gasteiger partial charge in [-0.1, -0.05) is 0 Å². The van der Waals surface area contributed by atoms with Gasteiger partial charge in [-0.3, -0.25) is 0 Å². The fourth-order valence-corrected chi connectivity index (χ4v) is 1.69. The average molecular weight is 156 g/mol.